The first-order valence-electron chi connectivity index (χ1n) is 11.9. The van der Waals surface area contributed by atoms with Gasteiger partial charge in [-0.2, -0.15) is 9.78 Å². The Balaban J connectivity index is 1.26. The second-order valence-electron chi connectivity index (χ2n) is 9.47. The number of aromatic nitrogens is 3. The topological polar surface area (TPSA) is 75.5 Å². The number of pyridine rings is 1. The second-order valence-corrected chi connectivity index (χ2v) is 11.3. The molecular formula is C25H28Cl2N6O2S. The number of nitrogens with one attached hydrogen (secondary N) is 1. The van der Waals surface area contributed by atoms with Gasteiger partial charge in [-0.25, -0.2) is 14.0 Å². The van der Waals surface area contributed by atoms with Crippen LogP contribution in [0.5, 0.6) is 5.75 Å². The van der Waals surface area contributed by atoms with E-state index in [0.29, 0.717) is 34.8 Å². The van der Waals surface area contributed by atoms with Gasteiger partial charge in [0.15, 0.2) is 0 Å². The summed E-state index contributed by atoms with van der Waals surface area (Å²) in [4.78, 5) is 19.8. The van der Waals surface area contributed by atoms with Gasteiger partial charge in [-0.3, -0.25) is 4.79 Å². The Morgan fingerprint density at radius 3 is 2.61 bits per heavy atom. The van der Waals surface area contributed by atoms with Crippen LogP contribution >= 0.6 is 35.3 Å². The molecule has 1 aliphatic carbocycles. The van der Waals surface area contributed by atoms with Crippen molar-refractivity contribution in [1.29, 1.82) is 0 Å². The quantitative estimate of drug-likeness (QED) is 0.308. The number of halogens is 2. The first-order chi connectivity index (χ1) is 17.4. The normalized spacial score (nSPS) is 17.2. The van der Waals surface area contributed by atoms with Gasteiger partial charge in [-0.1, -0.05) is 42.3 Å². The molecule has 5 rings (SSSR count). The van der Waals surface area contributed by atoms with Crippen molar-refractivity contribution < 1.29 is 4.74 Å². The average molecular weight is 548 g/mol. The average Bonchev–Trinajstić information content (AvgIpc) is 3.62. The van der Waals surface area contributed by atoms with Gasteiger partial charge in [0.25, 0.3) is 0 Å². The monoisotopic (exact) mass is 546 g/mol. The summed E-state index contributed by atoms with van der Waals surface area (Å²) in [6.07, 6.45) is 5.74. The lowest BCUT2D eigenvalue weighted by atomic mass is 10.2. The van der Waals surface area contributed by atoms with Crippen LogP contribution < -0.4 is 19.9 Å². The van der Waals surface area contributed by atoms with E-state index in [1.54, 1.807) is 48.8 Å². The maximum atomic E-state index is 13.5. The van der Waals surface area contributed by atoms with Crippen LogP contribution in [0.4, 0.5) is 5.69 Å². The molecule has 1 aromatic carbocycles. The molecule has 8 nitrogen and oxygen atoms in total. The van der Waals surface area contributed by atoms with Gasteiger partial charge in [0.1, 0.15) is 10.8 Å². The number of ether oxygens (including phenoxy) is 1. The third kappa shape index (κ3) is 6.15. The lowest BCUT2D eigenvalue weighted by molar-refractivity contribution is 0.242. The Hall–Kier alpha value is -2.30. The van der Waals surface area contributed by atoms with Gasteiger partial charge >= 0.3 is 5.56 Å². The summed E-state index contributed by atoms with van der Waals surface area (Å²) in [6, 6.07) is 10.9. The number of benzene rings is 1. The van der Waals surface area contributed by atoms with Gasteiger partial charge in [-0.15, -0.1) is 0 Å². The van der Waals surface area contributed by atoms with E-state index < -0.39 is 0 Å². The lowest BCUT2D eigenvalue weighted by Crippen LogP contribution is -2.45. The second kappa shape index (κ2) is 11.0. The zero-order valence-electron chi connectivity index (χ0n) is 20.0. The number of piperazine rings is 1. The summed E-state index contributed by atoms with van der Waals surface area (Å²) >= 11 is 13.6. The molecule has 0 unspecified atom stereocenters. The molecule has 0 atom stereocenters. The van der Waals surface area contributed by atoms with Crippen molar-refractivity contribution in [3.05, 3.63) is 74.9 Å². The van der Waals surface area contributed by atoms with Crippen LogP contribution in [0.25, 0.3) is 5.69 Å². The molecule has 3 aromatic rings. The Morgan fingerprint density at radius 2 is 1.92 bits per heavy atom. The molecule has 3 heterocycles. The molecule has 0 radical (unpaired) electrons. The summed E-state index contributed by atoms with van der Waals surface area (Å²) in [7, 11) is 0. The molecule has 1 aliphatic heterocycles. The van der Waals surface area contributed by atoms with Gasteiger partial charge in [0, 0.05) is 61.5 Å². The van der Waals surface area contributed by atoms with E-state index in [2.05, 4.69) is 30.9 Å². The van der Waals surface area contributed by atoms with Gasteiger partial charge in [0.05, 0.1) is 18.5 Å². The molecule has 36 heavy (non-hydrogen) atoms. The van der Waals surface area contributed by atoms with Gasteiger partial charge < -0.3 is 9.64 Å². The third-order valence-corrected chi connectivity index (χ3v) is 7.83. The highest BCUT2D eigenvalue weighted by atomic mass is 35.5. The fourth-order valence-corrected chi connectivity index (χ4v) is 4.98. The molecule has 0 amide bonds. The molecule has 1 saturated carbocycles. The highest BCUT2D eigenvalue weighted by molar-refractivity contribution is 7.95. The van der Waals surface area contributed by atoms with Crippen molar-refractivity contribution in [3.63, 3.8) is 0 Å². The molecule has 2 fully saturated rings. The zero-order chi connectivity index (χ0) is 25.1. The maximum absolute atomic E-state index is 13.5. The van der Waals surface area contributed by atoms with E-state index in [-0.39, 0.29) is 11.0 Å². The van der Waals surface area contributed by atoms with E-state index in [9.17, 15) is 4.79 Å². The van der Waals surface area contributed by atoms with E-state index in [1.807, 2.05) is 12.1 Å². The van der Waals surface area contributed by atoms with Crippen LogP contribution in [0.1, 0.15) is 25.3 Å². The maximum Gasteiger partial charge on any atom is 0.316 e. The van der Waals surface area contributed by atoms with Gasteiger partial charge in [-0.05, 0) is 42.7 Å². The standard InChI is InChI=1S/C25H28Cl2N6O2S/c1-25(7-8-25)17-35-23-21(16-29-33(24(23)34)20-4-2-3-19(26)13-20)31-9-11-32(12-10-31)36-30-15-18-5-6-22(27)28-14-18/h2-6,13-14,16,30H,7-12,15,17H2,1H3. The summed E-state index contributed by atoms with van der Waals surface area (Å²) in [5, 5.41) is 5.51. The number of hydrogen-bond donors (Lipinski definition) is 1. The molecule has 2 aliphatic rings. The Labute approximate surface area is 224 Å². The van der Waals surface area contributed by atoms with E-state index in [1.165, 1.54) is 4.68 Å². The fourth-order valence-electron chi connectivity index (χ4n) is 3.92. The molecule has 190 valence electrons. The van der Waals surface area contributed by atoms with Crippen LogP contribution in [0.15, 0.2) is 53.6 Å². The third-order valence-electron chi connectivity index (χ3n) is 6.47. The molecule has 1 N–H and O–H groups in total. The Kier molecular flexibility index (Phi) is 7.73. The lowest BCUT2D eigenvalue weighted by Gasteiger charge is -2.35. The SMILES string of the molecule is CC1(COc2c(N3CCN(SNCc4ccc(Cl)nc4)CC3)cnn(-c3cccc(Cl)c3)c2=O)CC1. The summed E-state index contributed by atoms with van der Waals surface area (Å²) < 4.78 is 13.2. The van der Waals surface area contributed by atoms with Crippen molar-refractivity contribution in [2.24, 2.45) is 5.41 Å². The first-order valence-corrected chi connectivity index (χ1v) is 13.4. The minimum absolute atomic E-state index is 0.147. The molecule has 2 aromatic heterocycles. The highest BCUT2D eigenvalue weighted by Gasteiger charge is 2.39. The number of rotatable bonds is 9. The van der Waals surface area contributed by atoms with Crippen molar-refractivity contribution >= 4 is 41.0 Å². The zero-order valence-corrected chi connectivity index (χ0v) is 22.3. The number of nitrogens with zero attached hydrogens (tertiary/aromatic N) is 5. The minimum atomic E-state index is -0.269. The number of anilines is 1. The number of hydrogen-bond acceptors (Lipinski definition) is 8. The summed E-state index contributed by atoms with van der Waals surface area (Å²) in [5.41, 5.74) is 2.31. The highest BCUT2D eigenvalue weighted by Crippen LogP contribution is 2.45. The van der Waals surface area contributed by atoms with Crippen molar-refractivity contribution in [2.75, 3.05) is 37.7 Å². The molecule has 0 spiro atoms. The van der Waals surface area contributed by atoms with Crippen molar-refractivity contribution in [2.45, 2.75) is 26.3 Å². The van der Waals surface area contributed by atoms with Crippen LogP contribution in [0, 0.1) is 5.41 Å². The first kappa shape index (κ1) is 25.4. The van der Waals surface area contributed by atoms with Crippen LogP contribution in [-0.2, 0) is 6.54 Å². The molecule has 1 saturated heterocycles. The summed E-state index contributed by atoms with van der Waals surface area (Å²) in [5.74, 6) is 0.354. The van der Waals surface area contributed by atoms with Crippen LogP contribution in [-0.4, -0.2) is 51.9 Å². The molecule has 0 bridgehead atoms. The Morgan fingerprint density at radius 1 is 1.11 bits per heavy atom. The van der Waals surface area contributed by atoms with Crippen LogP contribution in [0.2, 0.25) is 10.2 Å². The van der Waals surface area contributed by atoms with E-state index in [0.717, 1.165) is 50.3 Å². The molecule has 11 heteroatoms. The predicted molar refractivity (Wildman–Crippen MR) is 145 cm³/mol. The Bertz CT molecular complexity index is 1260. The summed E-state index contributed by atoms with van der Waals surface area (Å²) in [6.45, 7) is 6.56. The van der Waals surface area contributed by atoms with Crippen LogP contribution in [0.3, 0.4) is 0 Å². The smallest absolute Gasteiger partial charge is 0.316 e. The van der Waals surface area contributed by atoms with Crippen molar-refractivity contribution in [1.82, 2.24) is 23.8 Å². The molecular weight excluding hydrogens is 519 g/mol. The van der Waals surface area contributed by atoms with E-state index in [4.69, 9.17) is 27.9 Å². The van der Waals surface area contributed by atoms with Gasteiger partial charge in [0.2, 0.25) is 5.75 Å². The fraction of sp³-hybridized carbons (Fsp3) is 0.400. The predicted octanol–water partition coefficient (Wildman–Crippen LogP) is 4.59. The van der Waals surface area contributed by atoms with E-state index >= 15 is 0 Å². The largest absolute Gasteiger partial charge is 0.486 e. The minimum Gasteiger partial charge on any atom is -0.486 e. The van der Waals surface area contributed by atoms with Crippen molar-refractivity contribution in [3.8, 4) is 11.4 Å².